The Morgan fingerprint density at radius 2 is 2.18 bits per heavy atom. The molecule has 0 saturated carbocycles. The van der Waals surface area contributed by atoms with Gasteiger partial charge in [0.25, 0.3) is 6.43 Å². The van der Waals surface area contributed by atoms with Crippen LogP contribution in [-0.2, 0) is 14.3 Å². The Morgan fingerprint density at radius 3 is 2.71 bits per heavy atom. The molecule has 7 heteroatoms. The Balaban J connectivity index is 2.19. The average Bonchev–Trinajstić information content (AvgIpc) is 2.73. The Bertz CT molecular complexity index is 285. The fourth-order valence-electron chi connectivity index (χ4n) is 1.68. The lowest BCUT2D eigenvalue weighted by atomic mass is 10.1. The van der Waals surface area contributed by atoms with Gasteiger partial charge in [-0.2, -0.15) is 0 Å². The van der Waals surface area contributed by atoms with E-state index in [9.17, 15) is 18.4 Å². The lowest BCUT2D eigenvalue weighted by Crippen LogP contribution is -2.30. The quantitative estimate of drug-likeness (QED) is 0.702. The second-order valence-corrected chi connectivity index (χ2v) is 3.88. The van der Waals surface area contributed by atoms with Crippen molar-refractivity contribution < 1.29 is 28.2 Å². The maximum atomic E-state index is 11.7. The molecule has 1 unspecified atom stereocenters. The van der Waals surface area contributed by atoms with E-state index < -0.39 is 24.9 Å². The molecule has 1 heterocycles. The Kier molecular flexibility index (Phi) is 5.27. The van der Waals surface area contributed by atoms with Crippen molar-refractivity contribution in [1.29, 1.82) is 0 Å². The first-order valence-electron chi connectivity index (χ1n) is 5.37. The van der Waals surface area contributed by atoms with E-state index in [-0.39, 0.29) is 25.5 Å². The van der Waals surface area contributed by atoms with E-state index in [0.717, 1.165) is 0 Å². The summed E-state index contributed by atoms with van der Waals surface area (Å²) in [5.74, 6) is -1.67. The first-order valence-corrected chi connectivity index (χ1v) is 5.37. The first kappa shape index (κ1) is 13.8. The molecule has 0 aromatic carbocycles. The highest BCUT2D eigenvalue weighted by Gasteiger charge is 2.30. The van der Waals surface area contributed by atoms with Crippen molar-refractivity contribution in [1.82, 2.24) is 4.90 Å². The summed E-state index contributed by atoms with van der Waals surface area (Å²) in [7, 11) is 0. The lowest BCUT2D eigenvalue weighted by Gasteiger charge is -2.15. The van der Waals surface area contributed by atoms with E-state index in [1.54, 1.807) is 0 Å². The highest BCUT2D eigenvalue weighted by atomic mass is 19.3. The second-order valence-electron chi connectivity index (χ2n) is 3.88. The molecule has 1 rings (SSSR count). The summed E-state index contributed by atoms with van der Waals surface area (Å²) in [6.07, 6.45) is -2.08. The molecule has 0 aromatic heterocycles. The van der Waals surface area contributed by atoms with Crippen molar-refractivity contribution in [2.24, 2.45) is 5.92 Å². The molecule has 0 spiro atoms. The number of carboxylic acid groups (broad SMARTS) is 1. The first-order chi connectivity index (χ1) is 8.00. The molecule has 0 aromatic rings. The maximum absolute atomic E-state index is 11.7. The molecular formula is C10H15F2NO4. The number of rotatable bonds is 6. The van der Waals surface area contributed by atoms with Gasteiger partial charge in [0.05, 0.1) is 18.9 Å². The summed E-state index contributed by atoms with van der Waals surface area (Å²) in [4.78, 5) is 23.6. The molecule has 5 nitrogen and oxygen atoms in total. The number of aliphatic carboxylic acids is 1. The van der Waals surface area contributed by atoms with Gasteiger partial charge in [-0.05, 0) is 6.42 Å². The van der Waals surface area contributed by atoms with E-state index in [2.05, 4.69) is 4.74 Å². The van der Waals surface area contributed by atoms with E-state index in [0.29, 0.717) is 13.0 Å². The van der Waals surface area contributed by atoms with Crippen LogP contribution >= 0.6 is 0 Å². The number of ether oxygens (including phenoxy) is 1. The number of amides is 1. The summed E-state index contributed by atoms with van der Waals surface area (Å²) >= 11 is 0. The van der Waals surface area contributed by atoms with Gasteiger partial charge >= 0.3 is 5.97 Å². The number of alkyl halides is 2. The van der Waals surface area contributed by atoms with Crippen LogP contribution in [0.25, 0.3) is 0 Å². The van der Waals surface area contributed by atoms with Crippen LogP contribution in [0.2, 0.25) is 0 Å². The summed E-state index contributed by atoms with van der Waals surface area (Å²) in [6, 6.07) is 0. The minimum absolute atomic E-state index is 0.0130. The van der Waals surface area contributed by atoms with Crippen molar-refractivity contribution in [3.05, 3.63) is 0 Å². The summed E-state index contributed by atoms with van der Waals surface area (Å²) in [6.45, 7) is -0.129. The highest BCUT2D eigenvalue weighted by Crippen LogP contribution is 2.17. The topological polar surface area (TPSA) is 66.8 Å². The zero-order chi connectivity index (χ0) is 12.8. The Morgan fingerprint density at radius 1 is 1.47 bits per heavy atom. The molecule has 0 radical (unpaired) electrons. The van der Waals surface area contributed by atoms with Gasteiger partial charge in [-0.15, -0.1) is 0 Å². The van der Waals surface area contributed by atoms with Crippen LogP contribution in [0.15, 0.2) is 0 Å². The number of likely N-dealkylation sites (tertiary alicyclic amines) is 1. The van der Waals surface area contributed by atoms with Crippen LogP contribution in [0, 0.1) is 5.92 Å². The third-order valence-electron chi connectivity index (χ3n) is 2.59. The normalized spacial score (nSPS) is 19.9. The van der Waals surface area contributed by atoms with Gasteiger partial charge in [0.15, 0.2) is 0 Å². The van der Waals surface area contributed by atoms with Crippen molar-refractivity contribution in [2.75, 3.05) is 26.3 Å². The molecule has 1 saturated heterocycles. The van der Waals surface area contributed by atoms with Crippen LogP contribution in [0.4, 0.5) is 8.78 Å². The Labute approximate surface area is 97.3 Å². The molecule has 1 amide bonds. The molecule has 1 aliphatic rings. The monoisotopic (exact) mass is 251 g/mol. The molecule has 98 valence electrons. The number of hydrogen-bond acceptors (Lipinski definition) is 3. The van der Waals surface area contributed by atoms with Gasteiger partial charge in [0.2, 0.25) is 5.91 Å². The van der Waals surface area contributed by atoms with Crippen LogP contribution in [0.5, 0.6) is 0 Å². The minimum atomic E-state index is -2.53. The molecular weight excluding hydrogens is 236 g/mol. The fourth-order valence-corrected chi connectivity index (χ4v) is 1.68. The van der Waals surface area contributed by atoms with Crippen LogP contribution in [-0.4, -0.2) is 54.6 Å². The summed E-state index contributed by atoms with van der Waals surface area (Å²) < 4.78 is 28.0. The van der Waals surface area contributed by atoms with E-state index in [1.807, 2.05) is 0 Å². The van der Waals surface area contributed by atoms with Gasteiger partial charge in [0.1, 0.15) is 6.61 Å². The largest absolute Gasteiger partial charge is 0.481 e. The number of carbonyl (C=O) groups is 2. The summed E-state index contributed by atoms with van der Waals surface area (Å²) in [5, 5.41) is 8.74. The maximum Gasteiger partial charge on any atom is 0.308 e. The third-order valence-corrected chi connectivity index (χ3v) is 2.59. The minimum Gasteiger partial charge on any atom is -0.481 e. The zero-order valence-electron chi connectivity index (χ0n) is 9.27. The smallest absolute Gasteiger partial charge is 0.308 e. The van der Waals surface area contributed by atoms with Gasteiger partial charge in [-0.3, -0.25) is 9.59 Å². The molecule has 1 N–H and O–H groups in total. The molecule has 1 aliphatic heterocycles. The predicted octanol–water partition coefficient (Wildman–Crippen LogP) is 0.591. The molecule has 1 atom stereocenters. The summed E-state index contributed by atoms with van der Waals surface area (Å²) in [5.41, 5.74) is 0. The molecule has 17 heavy (non-hydrogen) atoms. The Hall–Kier alpha value is -1.24. The van der Waals surface area contributed by atoms with Gasteiger partial charge < -0.3 is 14.7 Å². The molecule has 0 bridgehead atoms. The number of nitrogens with zero attached hydrogens (tertiary/aromatic N) is 1. The fraction of sp³-hybridized carbons (Fsp3) is 0.800. The van der Waals surface area contributed by atoms with Crippen LogP contribution in [0.3, 0.4) is 0 Å². The van der Waals surface area contributed by atoms with Crippen LogP contribution in [0.1, 0.15) is 12.8 Å². The van der Waals surface area contributed by atoms with Gasteiger partial charge in [-0.25, -0.2) is 8.78 Å². The van der Waals surface area contributed by atoms with Crippen molar-refractivity contribution in [2.45, 2.75) is 19.3 Å². The van der Waals surface area contributed by atoms with Crippen molar-refractivity contribution in [3.63, 3.8) is 0 Å². The number of carbonyl (C=O) groups excluding carboxylic acids is 1. The van der Waals surface area contributed by atoms with Crippen molar-refractivity contribution >= 4 is 11.9 Å². The zero-order valence-corrected chi connectivity index (χ0v) is 9.27. The highest BCUT2D eigenvalue weighted by molar-refractivity contribution is 5.78. The predicted molar refractivity (Wildman–Crippen MR) is 53.8 cm³/mol. The second kappa shape index (κ2) is 6.48. The number of halogens is 2. The lowest BCUT2D eigenvalue weighted by molar-refractivity contribution is -0.141. The van der Waals surface area contributed by atoms with E-state index >= 15 is 0 Å². The van der Waals surface area contributed by atoms with E-state index in [1.165, 1.54) is 4.90 Å². The average molecular weight is 251 g/mol. The number of carboxylic acids is 1. The standard InChI is InChI=1S/C10H15F2NO4/c11-8(12)6-17-4-2-9(14)13-3-1-7(5-13)10(15)16/h7-8H,1-6H2,(H,15,16). The van der Waals surface area contributed by atoms with Gasteiger partial charge in [-0.1, -0.05) is 0 Å². The SMILES string of the molecule is O=C(O)C1CCN(C(=O)CCOCC(F)F)C1. The van der Waals surface area contributed by atoms with Gasteiger partial charge in [0, 0.05) is 13.1 Å². The number of hydrogen-bond donors (Lipinski definition) is 1. The third kappa shape index (κ3) is 4.64. The molecule has 1 fully saturated rings. The van der Waals surface area contributed by atoms with E-state index in [4.69, 9.17) is 5.11 Å². The van der Waals surface area contributed by atoms with Crippen molar-refractivity contribution in [3.8, 4) is 0 Å². The van der Waals surface area contributed by atoms with Crippen LogP contribution < -0.4 is 0 Å². The molecule has 0 aliphatic carbocycles.